The number of alkyl halides is 8. The number of ether oxygens (including phenoxy) is 3. The summed E-state index contributed by atoms with van der Waals surface area (Å²) in [4.78, 5) is 0. The third-order valence-corrected chi connectivity index (χ3v) is 9.55. The molecule has 0 spiro atoms. The van der Waals surface area contributed by atoms with Crippen molar-refractivity contribution in [3.05, 3.63) is 59.7 Å². The van der Waals surface area contributed by atoms with Crippen molar-refractivity contribution < 1.29 is 57.8 Å². The SMILES string of the molecule is C1CCOC1.CC(C)(C)S(=O)N=C(CCC(F)F)c1cccc(OC(F)F)c1.CC(C)(C)S(=O)N[C@@H](CCC(F)F)c1cccc(OC(F)F)c1. The molecule has 0 aliphatic carbocycles. The van der Waals surface area contributed by atoms with Crippen molar-refractivity contribution in [3.63, 3.8) is 0 Å². The van der Waals surface area contributed by atoms with Crippen LogP contribution in [0.2, 0.25) is 0 Å². The Hall–Kier alpha value is -2.63. The van der Waals surface area contributed by atoms with Gasteiger partial charge in [0.2, 0.25) is 12.9 Å². The van der Waals surface area contributed by atoms with E-state index in [0.717, 1.165) is 13.2 Å². The zero-order valence-corrected chi connectivity index (χ0v) is 31.1. The number of nitrogens with one attached hydrogen (secondary N) is 1. The summed E-state index contributed by atoms with van der Waals surface area (Å²) in [5, 5.41) is 0. The summed E-state index contributed by atoms with van der Waals surface area (Å²) in [6.45, 7) is 6.38. The predicted octanol–water partition coefficient (Wildman–Crippen LogP) is 9.81. The van der Waals surface area contributed by atoms with Gasteiger partial charge in [-0.3, -0.25) is 0 Å². The molecule has 0 saturated carbocycles. The van der Waals surface area contributed by atoms with Crippen LogP contribution in [0.3, 0.4) is 0 Å². The minimum Gasteiger partial charge on any atom is -0.435 e. The first-order valence-electron chi connectivity index (χ1n) is 16.1. The number of benzene rings is 2. The van der Waals surface area contributed by atoms with Gasteiger partial charge in [-0.05, 0) is 97.1 Å². The Morgan fingerprint density at radius 3 is 1.75 bits per heavy atom. The highest BCUT2D eigenvalue weighted by Gasteiger charge is 2.25. The summed E-state index contributed by atoms with van der Waals surface area (Å²) in [5.74, 6) is -0.174. The predicted molar refractivity (Wildman–Crippen MR) is 185 cm³/mol. The van der Waals surface area contributed by atoms with Gasteiger partial charge in [0, 0.05) is 37.7 Å². The topological polar surface area (TPSA) is 86.2 Å². The molecular weight excluding hydrogens is 733 g/mol. The number of nitrogens with zero attached hydrogens (tertiary/aromatic N) is 1. The molecule has 1 N–H and O–H groups in total. The van der Waals surface area contributed by atoms with E-state index in [1.807, 2.05) is 0 Å². The molecule has 1 aliphatic heterocycles. The van der Waals surface area contributed by atoms with Crippen LogP contribution in [0.1, 0.15) is 97.2 Å². The van der Waals surface area contributed by atoms with Gasteiger partial charge in [0.1, 0.15) is 22.5 Å². The molecule has 292 valence electrons. The first-order valence-corrected chi connectivity index (χ1v) is 18.4. The molecule has 1 heterocycles. The second kappa shape index (κ2) is 23.1. The minimum absolute atomic E-state index is 0.0254. The monoisotopic (exact) mass is 780 g/mol. The van der Waals surface area contributed by atoms with Crippen LogP contribution in [-0.2, 0) is 26.7 Å². The smallest absolute Gasteiger partial charge is 0.387 e. The van der Waals surface area contributed by atoms with Gasteiger partial charge < -0.3 is 14.2 Å². The van der Waals surface area contributed by atoms with Gasteiger partial charge in [-0.25, -0.2) is 30.7 Å². The van der Waals surface area contributed by atoms with E-state index in [0.29, 0.717) is 11.1 Å². The summed E-state index contributed by atoms with van der Waals surface area (Å²) in [6, 6.07) is 10.7. The fourth-order valence-electron chi connectivity index (χ4n) is 3.89. The van der Waals surface area contributed by atoms with Gasteiger partial charge in [0.15, 0.2) is 0 Å². The van der Waals surface area contributed by atoms with Crippen molar-refractivity contribution in [2.45, 2.75) is 122 Å². The molecule has 7 nitrogen and oxygen atoms in total. The van der Waals surface area contributed by atoms with E-state index in [-0.39, 0.29) is 36.5 Å². The van der Waals surface area contributed by atoms with Gasteiger partial charge in [0.25, 0.3) is 0 Å². The molecule has 17 heteroatoms. The zero-order chi connectivity index (χ0) is 38.8. The zero-order valence-electron chi connectivity index (χ0n) is 29.5. The molecule has 2 aromatic carbocycles. The van der Waals surface area contributed by atoms with Crippen molar-refractivity contribution in [3.8, 4) is 11.5 Å². The summed E-state index contributed by atoms with van der Waals surface area (Å²) < 4.78 is 143. The van der Waals surface area contributed by atoms with Crippen LogP contribution in [-0.4, -0.2) is 62.9 Å². The van der Waals surface area contributed by atoms with Crippen LogP contribution in [0.25, 0.3) is 0 Å². The van der Waals surface area contributed by atoms with E-state index in [2.05, 4.69) is 18.6 Å². The Kier molecular flexibility index (Phi) is 21.0. The maximum absolute atomic E-state index is 12.5. The van der Waals surface area contributed by atoms with Crippen molar-refractivity contribution in [1.82, 2.24) is 4.72 Å². The molecular formula is C34H48F8N2O5S2. The van der Waals surface area contributed by atoms with E-state index in [1.165, 1.54) is 55.3 Å². The van der Waals surface area contributed by atoms with Crippen molar-refractivity contribution in [2.75, 3.05) is 13.2 Å². The molecule has 2 aromatic rings. The van der Waals surface area contributed by atoms with E-state index in [1.54, 1.807) is 47.6 Å². The standard InChI is InChI=1S/C15H21F4NO2S.C15H19F4NO2S.C4H8O/c2*1-15(2,3)23(21)20-12(7-8-13(16)17)10-5-4-6-11(9-10)22-14(18)19;1-2-4-5-3-1/h4-6,9,12-14,20H,7-8H2,1-3H3;4-6,9,13-14H,7-8H2,1-3H3;1-4H2/t12-,23?;;/m0../s1. The van der Waals surface area contributed by atoms with Crippen LogP contribution in [0, 0.1) is 0 Å². The Labute approximate surface area is 300 Å². The van der Waals surface area contributed by atoms with Crippen molar-refractivity contribution >= 4 is 27.7 Å². The van der Waals surface area contributed by atoms with Gasteiger partial charge in [-0.1, -0.05) is 24.3 Å². The number of halogens is 8. The molecule has 0 aromatic heterocycles. The van der Waals surface area contributed by atoms with Crippen molar-refractivity contribution in [1.29, 1.82) is 0 Å². The lowest BCUT2D eigenvalue weighted by Gasteiger charge is -2.25. The quantitative estimate of drug-likeness (QED) is 0.144. The third-order valence-electron chi connectivity index (χ3n) is 6.50. The first-order chi connectivity index (χ1) is 23.7. The number of hydrogen-bond donors (Lipinski definition) is 1. The molecule has 2 unspecified atom stereocenters. The van der Waals surface area contributed by atoms with E-state index >= 15 is 0 Å². The maximum Gasteiger partial charge on any atom is 0.387 e. The molecule has 1 aliphatic rings. The fourth-order valence-corrected chi connectivity index (χ4v) is 5.42. The largest absolute Gasteiger partial charge is 0.435 e. The van der Waals surface area contributed by atoms with Gasteiger partial charge in [0.05, 0.1) is 26.2 Å². The first kappa shape index (κ1) is 46.4. The molecule has 1 saturated heterocycles. The summed E-state index contributed by atoms with van der Waals surface area (Å²) in [6.07, 6.45) is -3.42. The highest BCUT2D eigenvalue weighted by molar-refractivity contribution is 7.85. The minimum atomic E-state index is -2.99. The van der Waals surface area contributed by atoms with Gasteiger partial charge in [-0.2, -0.15) is 22.0 Å². The molecule has 0 amide bonds. The lowest BCUT2D eigenvalue weighted by Crippen LogP contribution is -2.36. The lowest BCUT2D eigenvalue weighted by atomic mass is 10.0. The number of hydrogen-bond acceptors (Lipinski definition) is 5. The lowest BCUT2D eigenvalue weighted by molar-refractivity contribution is -0.0505. The average Bonchev–Trinajstić information content (AvgIpc) is 3.60. The molecule has 1 fully saturated rings. The van der Waals surface area contributed by atoms with Crippen LogP contribution in [0.4, 0.5) is 35.1 Å². The molecule has 3 rings (SSSR count). The summed E-state index contributed by atoms with van der Waals surface area (Å²) >= 11 is 0. The molecule has 51 heavy (non-hydrogen) atoms. The summed E-state index contributed by atoms with van der Waals surface area (Å²) in [5.41, 5.74) is 0.987. The van der Waals surface area contributed by atoms with Crippen LogP contribution in [0.15, 0.2) is 52.9 Å². The normalized spacial score (nSPS) is 15.6. The Balaban J connectivity index is 0.000000447. The Bertz CT molecular complexity index is 1360. The fraction of sp³-hybridized carbons (Fsp3) is 0.618. The van der Waals surface area contributed by atoms with Crippen LogP contribution in [0.5, 0.6) is 11.5 Å². The second-order valence-corrected chi connectivity index (χ2v) is 16.9. The average molecular weight is 781 g/mol. The molecule has 0 bridgehead atoms. The Morgan fingerprint density at radius 2 is 1.29 bits per heavy atom. The second-order valence-electron chi connectivity index (χ2n) is 13.0. The van der Waals surface area contributed by atoms with Gasteiger partial charge >= 0.3 is 13.2 Å². The van der Waals surface area contributed by atoms with Crippen LogP contribution >= 0.6 is 0 Å². The maximum atomic E-state index is 12.5. The van der Waals surface area contributed by atoms with Crippen molar-refractivity contribution in [2.24, 2.45) is 4.40 Å². The Morgan fingerprint density at radius 1 is 0.765 bits per heavy atom. The molecule has 3 atom stereocenters. The van der Waals surface area contributed by atoms with E-state index in [4.69, 9.17) is 4.74 Å². The summed E-state index contributed by atoms with van der Waals surface area (Å²) in [7, 11) is -3.13. The van der Waals surface area contributed by atoms with Gasteiger partial charge in [-0.15, -0.1) is 0 Å². The third kappa shape index (κ3) is 20.9. The highest BCUT2D eigenvalue weighted by atomic mass is 32.2. The number of rotatable bonds is 15. The highest BCUT2D eigenvalue weighted by Crippen LogP contribution is 2.27. The molecule has 0 radical (unpaired) electrons. The van der Waals surface area contributed by atoms with Crippen LogP contribution < -0.4 is 14.2 Å². The van der Waals surface area contributed by atoms with E-state index in [9.17, 15) is 43.5 Å². The van der Waals surface area contributed by atoms with E-state index < -0.39 is 70.0 Å².